The molecule has 0 unspecified atom stereocenters. The van der Waals surface area contributed by atoms with Gasteiger partial charge in [-0.05, 0) is 0 Å². The first kappa shape index (κ1) is 16.5. The Labute approximate surface area is 106 Å². The molecule has 0 bridgehead atoms. The van der Waals surface area contributed by atoms with Gasteiger partial charge in [-0.3, -0.25) is 0 Å². The zero-order valence-electron chi connectivity index (χ0n) is 11.0. The van der Waals surface area contributed by atoms with Gasteiger partial charge in [-0.2, -0.15) is 0 Å². The van der Waals surface area contributed by atoms with Crippen LogP contribution < -0.4 is 0 Å². The summed E-state index contributed by atoms with van der Waals surface area (Å²) in [6.45, 7) is 8.85. The van der Waals surface area contributed by atoms with E-state index in [-0.39, 0.29) is 0 Å². The standard InChI is InChI=1S/3C4H9O.V/c3*1-2-3-4-5;/h3*2-4H2,1H3;/q3*-1;+5. The van der Waals surface area contributed by atoms with Gasteiger partial charge in [0.2, 0.25) is 0 Å². The SMILES string of the molecule is CCCC[O][V+2]([O]CCCC)[O]CCCC. The van der Waals surface area contributed by atoms with Crippen molar-refractivity contribution in [2.75, 3.05) is 19.8 Å². The van der Waals surface area contributed by atoms with Gasteiger partial charge in [0.05, 0.1) is 0 Å². The van der Waals surface area contributed by atoms with Crippen molar-refractivity contribution in [3.63, 3.8) is 0 Å². The van der Waals surface area contributed by atoms with Gasteiger partial charge in [0.1, 0.15) is 0 Å². The monoisotopic (exact) mass is 270 g/mol. The molecular weight excluding hydrogens is 243 g/mol. The molecule has 0 aromatic heterocycles. The maximum absolute atomic E-state index is 5.68. The van der Waals surface area contributed by atoms with Gasteiger partial charge in [0, 0.05) is 0 Å². The van der Waals surface area contributed by atoms with Gasteiger partial charge in [0.15, 0.2) is 0 Å². The number of hydrogen-bond acceptors (Lipinski definition) is 3. The molecule has 0 amide bonds. The Hall–Kier alpha value is 0.464. The molecule has 0 fully saturated rings. The van der Waals surface area contributed by atoms with Crippen molar-refractivity contribution >= 4 is 0 Å². The predicted octanol–water partition coefficient (Wildman–Crippen LogP) is 3.80. The molecule has 0 spiro atoms. The predicted molar refractivity (Wildman–Crippen MR) is 62.6 cm³/mol. The Morgan fingerprint density at radius 2 is 0.938 bits per heavy atom. The van der Waals surface area contributed by atoms with Crippen LogP contribution in [-0.4, -0.2) is 19.8 Å². The van der Waals surface area contributed by atoms with Crippen molar-refractivity contribution in [1.29, 1.82) is 0 Å². The fourth-order valence-electron chi connectivity index (χ4n) is 0.962. The second-order valence-electron chi connectivity index (χ2n) is 3.78. The normalized spacial score (nSPS) is 10.7. The van der Waals surface area contributed by atoms with Crippen LogP contribution in [0.15, 0.2) is 0 Å². The molecule has 0 N–H and O–H groups in total. The Kier molecular flexibility index (Phi) is 13.9. The maximum atomic E-state index is 5.68. The van der Waals surface area contributed by atoms with E-state index in [1.165, 1.54) is 0 Å². The molecule has 96 valence electrons. The van der Waals surface area contributed by atoms with E-state index in [9.17, 15) is 0 Å². The average molecular weight is 270 g/mol. The van der Waals surface area contributed by atoms with E-state index in [0.717, 1.165) is 58.3 Å². The van der Waals surface area contributed by atoms with Gasteiger partial charge >= 0.3 is 106 Å². The van der Waals surface area contributed by atoms with E-state index >= 15 is 0 Å². The van der Waals surface area contributed by atoms with E-state index in [0.29, 0.717) is 0 Å². The van der Waals surface area contributed by atoms with Crippen molar-refractivity contribution in [1.82, 2.24) is 0 Å². The van der Waals surface area contributed by atoms with E-state index in [1.807, 2.05) is 0 Å². The van der Waals surface area contributed by atoms with Crippen molar-refractivity contribution in [2.45, 2.75) is 59.3 Å². The average Bonchev–Trinajstić information content (AvgIpc) is 2.29. The molecule has 16 heavy (non-hydrogen) atoms. The van der Waals surface area contributed by atoms with Gasteiger partial charge in [0.25, 0.3) is 0 Å². The van der Waals surface area contributed by atoms with Crippen LogP contribution in [0.3, 0.4) is 0 Å². The molecular formula is C12H27O3V+2. The van der Waals surface area contributed by atoms with E-state index < -0.39 is 16.2 Å². The van der Waals surface area contributed by atoms with Gasteiger partial charge in [-0.1, -0.05) is 0 Å². The molecule has 0 rings (SSSR count). The van der Waals surface area contributed by atoms with E-state index in [4.69, 9.17) is 11.0 Å². The first-order valence-corrected chi connectivity index (χ1v) is 8.25. The summed E-state index contributed by atoms with van der Waals surface area (Å²) in [5.74, 6) is 0. The topological polar surface area (TPSA) is 27.7 Å². The molecule has 0 saturated carbocycles. The van der Waals surface area contributed by atoms with Gasteiger partial charge in [-0.25, -0.2) is 0 Å². The summed E-state index contributed by atoms with van der Waals surface area (Å²) in [6.07, 6.45) is 6.77. The summed E-state index contributed by atoms with van der Waals surface area (Å²) in [5.41, 5.74) is 0. The van der Waals surface area contributed by atoms with Crippen LogP contribution >= 0.6 is 0 Å². The molecule has 0 aliphatic heterocycles. The third kappa shape index (κ3) is 11.0. The minimum atomic E-state index is -1.90. The Bertz CT molecular complexity index is 110. The van der Waals surface area contributed by atoms with Crippen LogP contribution in [0.5, 0.6) is 0 Å². The minimum absolute atomic E-state index is 0.786. The van der Waals surface area contributed by atoms with Gasteiger partial charge in [-0.15, -0.1) is 0 Å². The summed E-state index contributed by atoms with van der Waals surface area (Å²) >= 11 is -1.90. The number of unbranched alkanes of at least 4 members (excludes halogenated alkanes) is 3. The summed E-state index contributed by atoms with van der Waals surface area (Å²) in [5, 5.41) is 0. The molecule has 0 atom stereocenters. The summed E-state index contributed by atoms with van der Waals surface area (Å²) in [6, 6.07) is 0. The number of hydrogen-bond donors (Lipinski definition) is 0. The molecule has 0 aromatic carbocycles. The summed E-state index contributed by atoms with van der Waals surface area (Å²) < 4.78 is 17.0. The molecule has 0 saturated heterocycles. The fraction of sp³-hybridized carbons (Fsp3) is 1.00. The first-order valence-electron chi connectivity index (χ1n) is 6.54. The van der Waals surface area contributed by atoms with Crippen LogP contribution in [0.1, 0.15) is 59.3 Å². The molecule has 0 aliphatic rings. The van der Waals surface area contributed by atoms with Crippen molar-refractivity contribution in [3.05, 3.63) is 0 Å². The molecule has 0 aromatic rings. The van der Waals surface area contributed by atoms with Crippen LogP contribution in [-0.2, 0) is 27.2 Å². The van der Waals surface area contributed by atoms with Crippen LogP contribution in [0.4, 0.5) is 0 Å². The fourth-order valence-corrected chi connectivity index (χ4v) is 2.61. The summed E-state index contributed by atoms with van der Waals surface area (Å²) in [4.78, 5) is 0. The van der Waals surface area contributed by atoms with Crippen LogP contribution in [0, 0.1) is 0 Å². The van der Waals surface area contributed by atoms with Crippen molar-refractivity contribution in [3.8, 4) is 0 Å². The first-order chi connectivity index (χ1) is 7.85. The quantitative estimate of drug-likeness (QED) is 0.505. The third-order valence-electron chi connectivity index (χ3n) is 2.08. The Balaban J connectivity index is 3.58. The molecule has 0 radical (unpaired) electrons. The summed E-state index contributed by atoms with van der Waals surface area (Å²) in [7, 11) is 0. The zero-order chi connectivity index (χ0) is 12.1. The van der Waals surface area contributed by atoms with Crippen molar-refractivity contribution in [2.24, 2.45) is 0 Å². The second-order valence-corrected chi connectivity index (χ2v) is 5.69. The molecule has 4 heteroatoms. The molecule has 0 aliphatic carbocycles. The molecule has 3 nitrogen and oxygen atoms in total. The van der Waals surface area contributed by atoms with E-state index in [1.54, 1.807) is 0 Å². The van der Waals surface area contributed by atoms with Gasteiger partial charge < -0.3 is 0 Å². The van der Waals surface area contributed by atoms with Crippen LogP contribution in [0.2, 0.25) is 0 Å². The van der Waals surface area contributed by atoms with Crippen LogP contribution in [0.25, 0.3) is 0 Å². The third-order valence-corrected chi connectivity index (χ3v) is 3.93. The number of rotatable bonds is 12. The molecule has 0 heterocycles. The zero-order valence-corrected chi connectivity index (χ0v) is 12.4. The Morgan fingerprint density at radius 1 is 0.625 bits per heavy atom. The van der Waals surface area contributed by atoms with Crippen molar-refractivity contribution < 1.29 is 27.2 Å². The Morgan fingerprint density at radius 3 is 1.19 bits per heavy atom. The second kappa shape index (κ2) is 13.5. The van der Waals surface area contributed by atoms with E-state index in [2.05, 4.69) is 20.8 Å².